The molecule has 1 amide bonds. The van der Waals surface area contributed by atoms with E-state index in [1.54, 1.807) is 19.2 Å². The second-order valence-corrected chi connectivity index (χ2v) is 7.52. The van der Waals surface area contributed by atoms with Gasteiger partial charge in [-0.15, -0.1) is 0 Å². The van der Waals surface area contributed by atoms with Crippen molar-refractivity contribution in [1.29, 1.82) is 0 Å². The highest BCUT2D eigenvalue weighted by Gasteiger charge is 2.38. The summed E-state index contributed by atoms with van der Waals surface area (Å²) in [7, 11) is 1.74. The molecule has 5 nitrogen and oxygen atoms in total. The van der Waals surface area contributed by atoms with Gasteiger partial charge >= 0.3 is 6.18 Å². The largest absolute Gasteiger partial charge is 0.484 e. The summed E-state index contributed by atoms with van der Waals surface area (Å²) in [5.41, 5.74) is 1.58. The van der Waals surface area contributed by atoms with Gasteiger partial charge < -0.3 is 20.3 Å². The van der Waals surface area contributed by atoms with Crippen LogP contribution in [0.1, 0.15) is 36.3 Å². The number of nitrogens with one attached hydrogen (secondary N) is 2. The molecular weight excluding hydrogens is 371 g/mol. The maximum atomic E-state index is 13.1. The van der Waals surface area contributed by atoms with E-state index in [0.717, 1.165) is 37.9 Å². The van der Waals surface area contributed by atoms with E-state index < -0.39 is 12.8 Å². The van der Waals surface area contributed by atoms with E-state index >= 15 is 0 Å². The van der Waals surface area contributed by atoms with E-state index in [-0.39, 0.29) is 23.5 Å². The maximum Gasteiger partial charge on any atom is 0.422 e. The molecule has 1 aromatic rings. The molecule has 8 heteroatoms. The van der Waals surface area contributed by atoms with Crippen molar-refractivity contribution in [3.8, 4) is 5.75 Å². The van der Waals surface area contributed by atoms with Crippen LogP contribution in [-0.4, -0.2) is 56.8 Å². The number of halogens is 3. The van der Waals surface area contributed by atoms with Crippen LogP contribution in [0.2, 0.25) is 0 Å². The first-order valence-electron chi connectivity index (χ1n) is 9.86. The van der Waals surface area contributed by atoms with Crippen molar-refractivity contribution in [2.45, 2.75) is 37.9 Å². The van der Waals surface area contributed by atoms with Crippen LogP contribution in [0.4, 0.5) is 13.2 Å². The number of amides is 1. The highest BCUT2D eigenvalue weighted by molar-refractivity contribution is 5.81. The third-order valence-electron chi connectivity index (χ3n) is 5.51. The first-order valence-corrected chi connectivity index (χ1v) is 9.86. The molecule has 0 radical (unpaired) electrons. The van der Waals surface area contributed by atoms with Crippen LogP contribution in [-0.2, 0) is 11.3 Å². The third-order valence-corrected chi connectivity index (χ3v) is 5.51. The molecule has 0 aliphatic carbocycles. The molecule has 2 saturated heterocycles. The molecule has 0 unspecified atom stereocenters. The lowest BCUT2D eigenvalue weighted by Crippen LogP contribution is -2.41. The molecule has 0 bridgehead atoms. The van der Waals surface area contributed by atoms with E-state index in [9.17, 15) is 18.0 Å². The zero-order valence-electron chi connectivity index (χ0n) is 16.1. The Kier molecular flexibility index (Phi) is 6.82. The molecule has 2 atom stereocenters. The standard InChI is InChI=1S/C20H28F3N3O2/c1-24-10-16-14(6-5-7-18(16)28-13-20(21,22)23)15-11-25-12-17(15)19(27)26-8-3-2-4-9-26/h5-7,15,17,24-25H,2-4,8-13H2,1H3/t15-,17-/m0/s1. The summed E-state index contributed by atoms with van der Waals surface area (Å²) in [5.74, 6) is 0.0887. The number of ether oxygens (including phenoxy) is 1. The molecule has 3 rings (SSSR count). The fourth-order valence-corrected chi connectivity index (χ4v) is 4.20. The summed E-state index contributed by atoms with van der Waals surface area (Å²) >= 11 is 0. The van der Waals surface area contributed by atoms with Crippen LogP contribution in [0.5, 0.6) is 5.75 Å². The van der Waals surface area contributed by atoms with E-state index in [4.69, 9.17) is 4.74 Å². The Bertz CT molecular complexity index is 675. The van der Waals surface area contributed by atoms with Crippen molar-refractivity contribution in [2.75, 3.05) is 39.8 Å². The lowest BCUT2D eigenvalue weighted by Gasteiger charge is -2.31. The van der Waals surface area contributed by atoms with Crippen molar-refractivity contribution < 1.29 is 22.7 Å². The molecule has 0 aromatic heterocycles. The highest BCUT2D eigenvalue weighted by Crippen LogP contribution is 2.36. The number of alkyl halides is 3. The van der Waals surface area contributed by atoms with Gasteiger partial charge in [0.05, 0.1) is 5.92 Å². The number of hydrogen-bond donors (Lipinski definition) is 2. The Labute approximate surface area is 163 Å². The monoisotopic (exact) mass is 399 g/mol. The first kappa shape index (κ1) is 20.9. The number of likely N-dealkylation sites (tertiary alicyclic amines) is 1. The SMILES string of the molecule is CNCc1c(OCC(F)(F)F)cccc1[C@@H]1CNC[C@@H]1C(=O)N1CCCCC1. The van der Waals surface area contributed by atoms with Crippen LogP contribution < -0.4 is 15.4 Å². The summed E-state index contributed by atoms with van der Waals surface area (Å²) in [6, 6.07) is 5.17. The maximum absolute atomic E-state index is 13.1. The number of nitrogens with zero attached hydrogens (tertiary/aromatic N) is 1. The summed E-state index contributed by atoms with van der Waals surface area (Å²) < 4.78 is 43.0. The third kappa shape index (κ3) is 4.97. The number of carbonyl (C=O) groups excluding carboxylic acids is 1. The van der Waals surface area contributed by atoms with Gasteiger partial charge in [0.2, 0.25) is 5.91 Å². The molecule has 2 aliphatic rings. The topological polar surface area (TPSA) is 53.6 Å². The second-order valence-electron chi connectivity index (χ2n) is 7.52. The lowest BCUT2D eigenvalue weighted by atomic mass is 9.84. The van der Waals surface area contributed by atoms with Gasteiger partial charge in [-0.2, -0.15) is 13.2 Å². The number of rotatable bonds is 6. The first-order chi connectivity index (χ1) is 13.4. The van der Waals surface area contributed by atoms with Crippen molar-refractivity contribution in [3.05, 3.63) is 29.3 Å². The summed E-state index contributed by atoms with van der Waals surface area (Å²) in [6.45, 7) is 1.85. The number of benzene rings is 1. The smallest absolute Gasteiger partial charge is 0.422 e. The van der Waals surface area contributed by atoms with Gasteiger partial charge in [0, 0.05) is 44.2 Å². The fourth-order valence-electron chi connectivity index (χ4n) is 4.20. The molecule has 2 N–H and O–H groups in total. The van der Waals surface area contributed by atoms with Crippen LogP contribution in [0.15, 0.2) is 18.2 Å². The Hall–Kier alpha value is -1.80. The zero-order valence-corrected chi connectivity index (χ0v) is 16.1. The molecule has 1 aromatic carbocycles. The zero-order chi connectivity index (χ0) is 20.1. The summed E-state index contributed by atoms with van der Waals surface area (Å²) in [4.78, 5) is 15.0. The van der Waals surface area contributed by atoms with Crippen LogP contribution >= 0.6 is 0 Å². The van der Waals surface area contributed by atoms with Gasteiger partial charge in [-0.25, -0.2) is 0 Å². The predicted molar refractivity (Wildman–Crippen MR) is 100 cm³/mol. The summed E-state index contributed by atoms with van der Waals surface area (Å²) in [5, 5.41) is 6.31. The second kappa shape index (κ2) is 9.13. The minimum Gasteiger partial charge on any atom is -0.484 e. The van der Waals surface area contributed by atoms with Crippen LogP contribution in [0, 0.1) is 5.92 Å². The Morgan fingerprint density at radius 2 is 2.00 bits per heavy atom. The number of piperidine rings is 1. The molecule has 2 heterocycles. The van der Waals surface area contributed by atoms with E-state index in [2.05, 4.69) is 10.6 Å². The van der Waals surface area contributed by atoms with Gasteiger partial charge in [-0.1, -0.05) is 12.1 Å². The minimum absolute atomic E-state index is 0.0767. The highest BCUT2D eigenvalue weighted by atomic mass is 19.4. The fraction of sp³-hybridized carbons (Fsp3) is 0.650. The van der Waals surface area contributed by atoms with Crippen LogP contribution in [0.3, 0.4) is 0 Å². The average molecular weight is 399 g/mol. The molecule has 28 heavy (non-hydrogen) atoms. The Morgan fingerprint density at radius 1 is 1.25 bits per heavy atom. The van der Waals surface area contributed by atoms with Crippen LogP contribution in [0.25, 0.3) is 0 Å². The normalized spacial score (nSPS) is 23.1. The molecule has 156 valence electrons. The molecule has 2 fully saturated rings. The average Bonchev–Trinajstić information content (AvgIpc) is 3.16. The van der Waals surface area contributed by atoms with E-state index in [0.29, 0.717) is 25.2 Å². The van der Waals surface area contributed by atoms with Gasteiger partial charge in [-0.3, -0.25) is 4.79 Å². The summed E-state index contributed by atoms with van der Waals surface area (Å²) in [6.07, 6.45) is -1.18. The molecular formula is C20H28F3N3O2. The van der Waals surface area contributed by atoms with Gasteiger partial charge in [0.25, 0.3) is 0 Å². The minimum atomic E-state index is -4.39. The lowest BCUT2D eigenvalue weighted by molar-refractivity contribution is -0.153. The predicted octanol–water partition coefficient (Wildman–Crippen LogP) is 2.66. The van der Waals surface area contributed by atoms with E-state index in [1.165, 1.54) is 0 Å². The van der Waals surface area contributed by atoms with Crippen molar-refractivity contribution >= 4 is 5.91 Å². The van der Waals surface area contributed by atoms with Crippen molar-refractivity contribution in [3.63, 3.8) is 0 Å². The van der Waals surface area contributed by atoms with Gasteiger partial charge in [-0.05, 0) is 37.9 Å². The Morgan fingerprint density at radius 3 is 2.68 bits per heavy atom. The van der Waals surface area contributed by atoms with Crippen molar-refractivity contribution in [1.82, 2.24) is 15.5 Å². The molecule has 2 aliphatic heterocycles. The van der Waals surface area contributed by atoms with E-state index in [1.807, 2.05) is 11.0 Å². The van der Waals surface area contributed by atoms with Gasteiger partial charge in [0.1, 0.15) is 5.75 Å². The number of hydrogen-bond acceptors (Lipinski definition) is 4. The Balaban J connectivity index is 1.84. The number of carbonyl (C=O) groups is 1. The van der Waals surface area contributed by atoms with Gasteiger partial charge in [0.15, 0.2) is 6.61 Å². The quantitative estimate of drug-likeness (QED) is 0.772. The molecule has 0 spiro atoms. The van der Waals surface area contributed by atoms with Crippen molar-refractivity contribution in [2.24, 2.45) is 5.92 Å². The molecule has 0 saturated carbocycles.